The molecule has 0 saturated heterocycles. The number of nitrogens with two attached hydrogens (primary N) is 1. The minimum absolute atomic E-state index is 0.0923. The standard InChI is InChI=1S/C18H18ClN7O/c1-3-26-13-8-10(19)4-5-12(13)25(2)14(26)9-22-18(27)15-16(20)24-17-11(23-15)6-7-21-17/h4-8H,3,9H2,1-2H3,(H3-,20,21,22,23,24,27)/p+1. The van der Waals surface area contributed by atoms with Gasteiger partial charge in [0, 0.05) is 17.3 Å². The summed E-state index contributed by atoms with van der Waals surface area (Å²) in [7, 11) is 1.96. The highest BCUT2D eigenvalue weighted by Gasteiger charge is 2.23. The first kappa shape index (κ1) is 17.3. The van der Waals surface area contributed by atoms with Gasteiger partial charge in [0.25, 0.3) is 11.7 Å². The fourth-order valence-corrected chi connectivity index (χ4v) is 3.48. The number of aromatic nitrogens is 5. The van der Waals surface area contributed by atoms with Gasteiger partial charge in [0.1, 0.15) is 12.1 Å². The van der Waals surface area contributed by atoms with E-state index in [2.05, 4.69) is 31.8 Å². The lowest BCUT2D eigenvalue weighted by Gasteiger charge is -2.06. The number of rotatable bonds is 4. The number of nitrogen functional groups attached to an aromatic ring is 1. The molecule has 27 heavy (non-hydrogen) atoms. The van der Waals surface area contributed by atoms with Gasteiger partial charge in [-0.25, -0.2) is 19.1 Å². The van der Waals surface area contributed by atoms with Crippen molar-refractivity contribution in [1.29, 1.82) is 0 Å². The zero-order valence-corrected chi connectivity index (χ0v) is 15.7. The van der Waals surface area contributed by atoms with Gasteiger partial charge in [0.15, 0.2) is 28.2 Å². The fourth-order valence-electron chi connectivity index (χ4n) is 3.32. The average Bonchev–Trinajstić information content (AvgIpc) is 3.20. The van der Waals surface area contributed by atoms with E-state index < -0.39 is 0 Å². The Hall–Kier alpha value is -3.13. The molecule has 0 aliphatic carbocycles. The first-order valence-electron chi connectivity index (χ1n) is 8.55. The summed E-state index contributed by atoms with van der Waals surface area (Å²) in [5.41, 5.74) is 9.23. The van der Waals surface area contributed by atoms with E-state index in [0.29, 0.717) is 22.7 Å². The van der Waals surface area contributed by atoms with Gasteiger partial charge >= 0.3 is 0 Å². The first-order valence-corrected chi connectivity index (χ1v) is 8.92. The second-order valence-electron chi connectivity index (χ2n) is 6.20. The zero-order valence-electron chi connectivity index (χ0n) is 15.0. The van der Waals surface area contributed by atoms with E-state index in [-0.39, 0.29) is 17.4 Å². The molecule has 1 aromatic carbocycles. The monoisotopic (exact) mass is 384 g/mol. The molecular weight excluding hydrogens is 366 g/mol. The molecule has 3 heterocycles. The number of aryl methyl sites for hydroxylation is 2. The van der Waals surface area contributed by atoms with Crippen molar-refractivity contribution in [2.24, 2.45) is 7.05 Å². The smallest absolute Gasteiger partial charge is 0.276 e. The van der Waals surface area contributed by atoms with Crippen LogP contribution in [0.25, 0.3) is 22.2 Å². The van der Waals surface area contributed by atoms with Crippen LogP contribution in [-0.2, 0) is 20.1 Å². The van der Waals surface area contributed by atoms with Gasteiger partial charge in [-0.05, 0) is 25.1 Å². The maximum absolute atomic E-state index is 12.6. The van der Waals surface area contributed by atoms with Crippen LogP contribution in [-0.4, -0.2) is 25.4 Å². The highest BCUT2D eigenvalue weighted by Crippen LogP contribution is 2.19. The van der Waals surface area contributed by atoms with Crippen LogP contribution in [0.2, 0.25) is 5.02 Å². The third-order valence-corrected chi connectivity index (χ3v) is 4.87. The third-order valence-electron chi connectivity index (χ3n) is 4.64. The quantitative estimate of drug-likeness (QED) is 0.467. The Morgan fingerprint density at radius 2 is 2.19 bits per heavy atom. The largest absolute Gasteiger partial charge is 0.382 e. The Morgan fingerprint density at radius 3 is 2.96 bits per heavy atom. The lowest BCUT2D eigenvalue weighted by molar-refractivity contribution is -0.654. The summed E-state index contributed by atoms with van der Waals surface area (Å²) in [6, 6.07) is 7.50. The molecule has 0 aliphatic heterocycles. The number of halogens is 1. The molecule has 4 N–H and O–H groups in total. The number of benzene rings is 1. The molecule has 0 fully saturated rings. The van der Waals surface area contributed by atoms with Gasteiger partial charge < -0.3 is 16.0 Å². The van der Waals surface area contributed by atoms with Gasteiger partial charge in [-0.3, -0.25) is 4.79 Å². The van der Waals surface area contributed by atoms with Crippen LogP contribution in [0, 0.1) is 0 Å². The Bertz CT molecular complexity index is 1180. The molecule has 0 spiro atoms. The van der Waals surface area contributed by atoms with Crippen LogP contribution in [0.15, 0.2) is 30.5 Å². The SMILES string of the molecule is CCn1c(CNC(=O)c2nc3cc[nH]c3nc2N)[n+](C)c2ccc(Cl)cc21. The van der Waals surface area contributed by atoms with Crippen molar-refractivity contribution in [2.45, 2.75) is 20.0 Å². The maximum Gasteiger partial charge on any atom is 0.276 e. The number of fused-ring (bicyclic) bond motifs is 2. The Labute approximate surface area is 160 Å². The molecule has 0 aliphatic rings. The Morgan fingerprint density at radius 1 is 1.37 bits per heavy atom. The minimum Gasteiger partial charge on any atom is -0.382 e. The number of hydrogen-bond acceptors (Lipinski definition) is 4. The van der Waals surface area contributed by atoms with E-state index in [1.807, 2.05) is 29.8 Å². The van der Waals surface area contributed by atoms with Gasteiger partial charge in [-0.2, -0.15) is 0 Å². The van der Waals surface area contributed by atoms with Crippen molar-refractivity contribution < 1.29 is 9.36 Å². The van der Waals surface area contributed by atoms with Crippen LogP contribution in [0.1, 0.15) is 23.2 Å². The predicted octanol–water partition coefficient (Wildman–Crippen LogP) is 1.92. The number of H-pyrrole nitrogens is 1. The second kappa shape index (κ2) is 6.55. The van der Waals surface area contributed by atoms with Gasteiger partial charge in [0.2, 0.25) is 0 Å². The summed E-state index contributed by atoms with van der Waals surface area (Å²) < 4.78 is 4.16. The maximum atomic E-state index is 12.6. The van der Waals surface area contributed by atoms with Crippen molar-refractivity contribution in [3.8, 4) is 0 Å². The number of amides is 1. The molecule has 138 valence electrons. The molecule has 3 aromatic heterocycles. The summed E-state index contributed by atoms with van der Waals surface area (Å²) in [6.07, 6.45) is 1.70. The molecule has 8 nitrogen and oxygen atoms in total. The number of nitrogens with zero attached hydrogens (tertiary/aromatic N) is 4. The summed E-state index contributed by atoms with van der Waals surface area (Å²) in [5, 5.41) is 3.57. The molecule has 0 bridgehead atoms. The van der Waals surface area contributed by atoms with Crippen LogP contribution < -0.4 is 15.6 Å². The summed E-state index contributed by atoms with van der Waals surface area (Å²) in [6.45, 7) is 3.12. The average molecular weight is 385 g/mol. The van der Waals surface area contributed by atoms with Gasteiger partial charge in [-0.15, -0.1) is 0 Å². The number of hydrogen-bond donors (Lipinski definition) is 3. The van der Waals surface area contributed by atoms with Crippen LogP contribution in [0.5, 0.6) is 0 Å². The van der Waals surface area contributed by atoms with Crippen molar-refractivity contribution in [3.63, 3.8) is 0 Å². The van der Waals surface area contributed by atoms with Crippen molar-refractivity contribution in [1.82, 2.24) is 24.8 Å². The number of anilines is 1. The number of carbonyl (C=O) groups is 1. The highest BCUT2D eigenvalue weighted by molar-refractivity contribution is 6.31. The van der Waals surface area contributed by atoms with Crippen molar-refractivity contribution in [3.05, 3.63) is 47.0 Å². The molecular formula is C18H19ClN7O+. The van der Waals surface area contributed by atoms with E-state index in [0.717, 1.165) is 23.4 Å². The third kappa shape index (κ3) is 2.87. The number of nitrogens with one attached hydrogen (secondary N) is 2. The lowest BCUT2D eigenvalue weighted by atomic mass is 10.3. The second-order valence-corrected chi connectivity index (χ2v) is 6.64. The van der Waals surface area contributed by atoms with Crippen LogP contribution in [0.4, 0.5) is 5.82 Å². The van der Waals surface area contributed by atoms with Crippen molar-refractivity contribution >= 4 is 45.5 Å². The van der Waals surface area contributed by atoms with Crippen LogP contribution >= 0.6 is 11.6 Å². The minimum atomic E-state index is -0.367. The first-order chi connectivity index (χ1) is 13.0. The van der Waals surface area contributed by atoms with Crippen LogP contribution in [0.3, 0.4) is 0 Å². The van der Waals surface area contributed by atoms with E-state index in [4.69, 9.17) is 17.3 Å². The molecule has 1 amide bonds. The Balaban J connectivity index is 1.65. The van der Waals surface area contributed by atoms with E-state index in [1.165, 1.54) is 0 Å². The fraction of sp³-hybridized carbons (Fsp3) is 0.222. The van der Waals surface area contributed by atoms with Gasteiger partial charge in [-0.1, -0.05) is 11.6 Å². The molecule has 0 unspecified atom stereocenters. The highest BCUT2D eigenvalue weighted by atomic mass is 35.5. The lowest BCUT2D eigenvalue weighted by Crippen LogP contribution is -2.38. The van der Waals surface area contributed by atoms with E-state index in [1.54, 1.807) is 12.3 Å². The molecule has 0 radical (unpaired) electrons. The molecule has 0 atom stereocenters. The van der Waals surface area contributed by atoms with Crippen molar-refractivity contribution in [2.75, 3.05) is 5.73 Å². The van der Waals surface area contributed by atoms with E-state index in [9.17, 15) is 4.79 Å². The summed E-state index contributed by atoms with van der Waals surface area (Å²) in [4.78, 5) is 24.1. The topological polar surface area (TPSA) is 105 Å². The number of carbonyl (C=O) groups excluding carboxylic acids is 1. The Kier molecular flexibility index (Phi) is 4.19. The predicted molar refractivity (Wildman–Crippen MR) is 103 cm³/mol. The molecule has 4 aromatic rings. The number of aromatic amines is 1. The van der Waals surface area contributed by atoms with Gasteiger partial charge in [0.05, 0.1) is 13.6 Å². The molecule has 9 heteroatoms. The summed E-state index contributed by atoms with van der Waals surface area (Å²) in [5.74, 6) is 0.668. The zero-order chi connectivity index (χ0) is 19.1. The van der Waals surface area contributed by atoms with E-state index >= 15 is 0 Å². The molecule has 0 saturated carbocycles. The molecule has 4 rings (SSSR count). The number of imidazole rings is 1. The normalized spacial score (nSPS) is 11.4. The summed E-state index contributed by atoms with van der Waals surface area (Å²) >= 11 is 6.15.